The van der Waals surface area contributed by atoms with Crippen molar-refractivity contribution in [2.45, 2.75) is 44.7 Å². The van der Waals surface area contributed by atoms with Crippen LogP contribution in [-0.2, 0) is 0 Å². The number of piperidine rings is 1. The number of pyridine rings is 1. The van der Waals surface area contributed by atoms with Crippen LogP contribution >= 0.6 is 0 Å². The van der Waals surface area contributed by atoms with Gasteiger partial charge >= 0.3 is 6.03 Å². The zero-order valence-electron chi connectivity index (χ0n) is 15.1. The minimum absolute atomic E-state index is 0.0249. The predicted octanol–water partition coefficient (Wildman–Crippen LogP) is 3.96. The number of aliphatic hydroxyl groups excluding tert-OH is 1. The summed E-state index contributed by atoms with van der Waals surface area (Å²) in [4.78, 5) is 18.4. The van der Waals surface area contributed by atoms with Crippen molar-refractivity contribution in [3.8, 4) is 11.1 Å². The van der Waals surface area contributed by atoms with Gasteiger partial charge in [0.15, 0.2) is 0 Å². The molecule has 1 aromatic carbocycles. The Morgan fingerprint density at radius 1 is 1.23 bits per heavy atom. The highest BCUT2D eigenvalue weighted by Gasteiger charge is 2.44. The van der Waals surface area contributed by atoms with Crippen LogP contribution in [-0.4, -0.2) is 40.2 Å². The average molecular weight is 357 g/mol. The minimum Gasteiger partial charge on any atom is -0.400 e. The van der Waals surface area contributed by atoms with Gasteiger partial charge in [0, 0.05) is 36.6 Å². The van der Waals surface area contributed by atoms with Crippen LogP contribution in [0, 0.1) is 12.7 Å². The third kappa shape index (κ3) is 3.55. The van der Waals surface area contributed by atoms with E-state index in [2.05, 4.69) is 10.3 Å². The molecule has 2 aliphatic heterocycles. The van der Waals surface area contributed by atoms with Crippen molar-refractivity contribution in [3.63, 3.8) is 0 Å². The molecule has 138 valence electrons. The molecule has 0 aliphatic carbocycles. The van der Waals surface area contributed by atoms with Crippen LogP contribution in [0.4, 0.5) is 14.9 Å². The molecular formula is C20H24FN3O2. The summed E-state index contributed by atoms with van der Waals surface area (Å²) in [6.45, 7) is 1.96. The van der Waals surface area contributed by atoms with E-state index in [9.17, 15) is 9.18 Å². The Labute approximate surface area is 152 Å². The molecule has 2 N–H and O–H groups in total. The quantitative estimate of drug-likeness (QED) is 0.855. The van der Waals surface area contributed by atoms with Crippen LogP contribution in [0.1, 0.15) is 31.2 Å². The van der Waals surface area contributed by atoms with Crippen molar-refractivity contribution in [3.05, 3.63) is 48.0 Å². The normalized spacial score (nSPS) is 20.5. The SMILES string of the molecule is CO.Cc1ccc(NC(=O)N2C3CCC[C@@H]2C3)cc1-c1cncc(F)c1. The summed E-state index contributed by atoms with van der Waals surface area (Å²) < 4.78 is 13.4. The molecule has 0 spiro atoms. The van der Waals surface area contributed by atoms with Gasteiger partial charge in [0.25, 0.3) is 0 Å². The van der Waals surface area contributed by atoms with Gasteiger partial charge in [-0.15, -0.1) is 0 Å². The first-order valence-electron chi connectivity index (χ1n) is 8.87. The number of carbonyl (C=O) groups excluding carboxylic acids is 1. The highest BCUT2D eigenvalue weighted by molar-refractivity contribution is 5.91. The summed E-state index contributed by atoms with van der Waals surface area (Å²) in [6, 6.07) is 7.96. The Hall–Kier alpha value is -2.47. The van der Waals surface area contributed by atoms with E-state index in [1.807, 2.05) is 30.0 Å². The highest BCUT2D eigenvalue weighted by Crippen LogP contribution is 2.38. The van der Waals surface area contributed by atoms with Gasteiger partial charge in [0.1, 0.15) is 5.82 Å². The smallest absolute Gasteiger partial charge is 0.322 e. The molecule has 2 amide bonds. The van der Waals surface area contributed by atoms with Crippen molar-refractivity contribution >= 4 is 11.7 Å². The van der Waals surface area contributed by atoms with Crippen LogP contribution in [0.5, 0.6) is 0 Å². The van der Waals surface area contributed by atoms with Crippen LogP contribution < -0.4 is 5.32 Å². The van der Waals surface area contributed by atoms with E-state index in [1.54, 1.807) is 6.20 Å². The second-order valence-corrected chi connectivity index (χ2v) is 6.73. The molecule has 2 saturated heterocycles. The fraction of sp³-hybridized carbons (Fsp3) is 0.400. The average Bonchev–Trinajstić information content (AvgIpc) is 2.65. The van der Waals surface area contributed by atoms with Gasteiger partial charge in [-0.2, -0.15) is 0 Å². The Morgan fingerprint density at radius 2 is 1.96 bits per heavy atom. The van der Waals surface area contributed by atoms with Gasteiger partial charge in [-0.3, -0.25) is 4.98 Å². The number of nitrogens with zero attached hydrogens (tertiary/aromatic N) is 2. The van der Waals surface area contributed by atoms with Crippen LogP contribution in [0.3, 0.4) is 0 Å². The zero-order valence-corrected chi connectivity index (χ0v) is 15.1. The lowest BCUT2D eigenvalue weighted by Gasteiger charge is -2.52. The molecule has 2 atom stereocenters. The number of urea groups is 1. The molecule has 2 fully saturated rings. The molecule has 1 unspecified atom stereocenters. The minimum atomic E-state index is -0.366. The van der Waals surface area contributed by atoms with Crippen molar-refractivity contribution in [1.82, 2.24) is 9.88 Å². The van der Waals surface area contributed by atoms with Crippen molar-refractivity contribution < 1.29 is 14.3 Å². The first-order valence-corrected chi connectivity index (χ1v) is 8.87. The highest BCUT2D eigenvalue weighted by atomic mass is 19.1. The molecule has 2 aromatic rings. The number of carbonyl (C=O) groups is 1. The summed E-state index contributed by atoms with van der Waals surface area (Å²) in [7, 11) is 1.00. The lowest BCUT2D eigenvalue weighted by Crippen LogP contribution is -2.62. The molecule has 1 aromatic heterocycles. The molecule has 0 saturated carbocycles. The maximum atomic E-state index is 13.4. The van der Waals surface area contributed by atoms with Gasteiger partial charge in [-0.05, 0) is 61.9 Å². The monoisotopic (exact) mass is 357 g/mol. The Kier molecular flexibility index (Phi) is 5.52. The summed E-state index contributed by atoms with van der Waals surface area (Å²) in [5.41, 5.74) is 3.34. The summed E-state index contributed by atoms with van der Waals surface area (Å²) in [5, 5.41) is 10.00. The second-order valence-electron chi connectivity index (χ2n) is 6.73. The molecule has 0 radical (unpaired) electrons. The molecule has 2 bridgehead atoms. The Bertz CT molecular complexity index is 782. The Morgan fingerprint density at radius 3 is 2.62 bits per heavy atom. The number of amides is 2. The number of anilines is 1. The Balaban J connectivity index is 0.000000948. The molecule has 6 heteroatoms. The van der Waals surface area contributed by atoms with Gasteiger partial charge < -0.3 is 15.3 Å². The maximum Gasteiger partial charge on any atom is 0.322 e. The summed E-state index contributed by atoms with van der Waals surface area (Å²) in [6.07, 6.45) is 7.40. The van der Waals surface area contributed by atoms with E-state index in [0.717, 1.165) is 43.2 Å². The molecular weight excluding hydrogens is 333 g/mol. The van der Waals surface area contributed by atoms with Gasteiger partial charge in [0.2, 0.25) is 0 Å². The molecule has 26 heavy (non-hydrogen) atoms. The van der Waals surface area contributed by atoms with E-state index in [4.69, 9.17) is 5.11 Å². The van der Waals surface area contributed by atoms with Crippen molar-refractivity contribution in [2.75, 3.05) is 12.4 Å². The number of aryl methyl sites for hydroxylation is 1. The van der Waals surface area contributed by atoms with E-state index >= 15 is 0 Å². The number of aliphatic hydroxyl groups is 1. The van der Waals surface area contributed by atoms with E-state index in [-0.39, 0.29) is 11.8 Å². The maximum absolute atomic E-state index is 13.4. The number of aromatic nitrogens is 1. The number of benzene rings is 1. The lowest BCUT2D eigenvalue weighted by molar-refractivity contribution is 0.0173. The molecule has 5 nitrogen and oxygen atoms in total. The largest absolute Gasteiger partial charge is 0.400 e. The van der Waals surface area contributed by atoms with Crippen molar-refractivity contribution in [1.29, 1.82) is 0 Å². The van der Waals surface area contributed by atoms with Crippen LogP contribution in [0.15, 0.2) is 36.7 Å². The molecule has 2 aliphatic rings. The third-order valence-electron chi connectivity index (χ3n) is 5.14. The fourth-order valence-electron chi connectivity index (χ4n) is 3.89. The number of nitrogens with one attached hydrogen (secondary N) is 1. The van der Waals surface area contributed by atoms with Crippen LogP contribution in [0.2, 0.25) is 0 Å². The predicted molar refractivity (Wildman–Crippen MR) is 99.4 cm³/mol. The van der Waals surface area contributed by atoms with Crippen molar-refractivity contribution in [2.24, 2.45) is 0 Å². The third-order valence-corrected chi connectivity index (χ3v) is 5.14. The standard InChI is InChI=1S/C19H20FN3O.CH4O/c1-12-5-6-15(8-18(12)13-7-14(20)11-21-10-13)22-19(24)23-16-3-2-4-17(23)9-16;1-2/h5-8,10-11,16-17H,2-4,9H2,1H3,(H,22,24);2H,1H3/t16-,17?;/m1./s1. The van der Waals surface area contributed by atoms with E-state index in [1.165, 1.54) is 18.7 Å². The fourth-order valence-corrected chi connectivity index (χ4v) is 3.89. The van der Waals surface area contributed by atoms with Gasteiger partial charge in [-0.1, -0.05) is 6.07 Å². The molecule has 4 rings (SSSR count). The summed E-state index contributed by atoms with van der Waals surface area (Å²) >= 11 is 0. The first kappa shape index (κ1) is 18.3. The first-order chi connectivity index (χ1) is 12.6. The number of rotatable bonds is 2. The lowest BCUT2D eigenvalue weighted by atomic mass is 9.80. The topological polar surface area (TPSA) is 65.5 Å². The second kappa shape index (κ2) is 7.83. The number of hydrogen-bond acceptors (Lipinski definition) is 3. The summed E-state index contributed by atoms with van der Waals surface area (Å²) in [5.74, 6) is -0.366. The van der Waals surface area contributed by atoms with E-state index in [0.29, 0.717) is 17.6 Å². The number of halogens is 1. The van der Waals surface area contributed by atoms with Gasteiger partial charge in [0.05, 0.1) is 6.20 Å². The van der Waals surface area contributed by atoms with Gasteiger partial charge in [-0.25, -0.2) is 9.18 Å². The molecule has 3 heterocycles. The zero-order chi connectivity index (χ0) is 18.7. The number of hydrogen-bond donors (Lipinski definition) is 2. The number of fused-ring (bicyclic) bond motifs is 2. The van der Waals surface area contributed by atoms with Crippen LogP contribution in [0.25, 0.3) is 11.1 Å². The van der Waals surface area contributed by atoms with E-state index < -0.39 is 0 Å².